The predicted octanol–water partition coefficient (Wildman–Crippen LogP) is 3.18. The van der Waals surface area contributed by atoms with Gasteiger partial charge in [0, 0.05) is 6.07 Å². The maximum atomic E-state index is 13.0. The zero-order valence-electron chi connectivity index (χ0n) is 8.84. The lowest BCUT2D eigenvalue weighted by Crippen LogP contribution is -2.34. The summed E-state index contributed by atoms with van der Waals surface area (Å²) in [4.78, 5) is 0. The molecule has 2 aromatic rings. The minimum atomic E-state index is -6.00. The second kappa shape index (κ2) is 5.16. The fraction of sp³-hybridized carbons (Fsp3) is 0.222. The van der Waals surface area contributed by atoms with E-state index in [1.165, 1.54) is 4.57 Å². The van der Waals surface area contributed by atoms with Gasteiger partial charge in [-0.15, -0.1) is 8.96 Å². The summed E-state index contributed by atoms with van der Waals surface area (Å²) in [6.07, 6.45) is -0.529. The first kappa shape index (κ1) is 13.5. The van der Waals surface area contributed by atoms with Gasteiger partial charge in [-0.25, -0.2) is 0 Å². The number of fused-ring (bicyclic) bond motifs is 1. The number of aromatic nitrogens is 1. The molecule has 0 saturated heterocycles. The molecule has 2 nitrogen and oxygen atoms in total. The van der Waals surface area contributed by atoms with Crippen LogP contribution in [0.15, 0.2) is 28.7 Å². The highest BCUT2D eigenvalue weighted by Gasteiger charge is 2.20. The molecule has 0 N–H and O–H groups in total. The summed E-state index contributed by atoms with van der Waals surface area (Å²) in [6, 6.07) is 7.28. The first-order valence-corrected chi connectivity index (χ1v) is 4.77. The SMILES string of the molecule is CC[n+]1c(F)oc2ccccc21.F[B-](F)(F)F. The lowest BCUT2D eigenvalue weighted by atomic mass is 10.3. The molecule has 0 amide bonds. The largest absolute Gasteiger partial charge is 0.673 e. The van der Waals surface area contributed by atoms with E-state index in [0.29, 0.717) is 12.1 Å². The third-order valence-corrected chi connectivity index (χ3v) is 1.88. The van der Waals surface area contributed by atoms with Crippen molar-refractivity contribution in [1.82, 2.24) is 0 Å². The Morgan fingerprint density at radius 1 is 1.18 bits per heavy atom. The number of nitrogens with zero attached hydrogens (tertiary/aromatic N) is 1. The molecule has 0 fully saturated rings. The Morgan fingerprint density at radius 2 is 1.71 bits per heavy atom. The Balaban J connectivity index is 0.000000249. The van der Waals surface area contributed by atoms with Crippen LogP contribution in [0.1, 0.15) is 6.92 Å². The molecule has 0 saturated carbocycles. The van der Waals surface area contributed by atoms with Crippen LogP contribution in [0.3, 0.4) is 0 Å². The molecule has 0 bridgehead atoms. The second-order valence-electron chi connectivity index (χ2n) is 3.06. The Hall–Kier alpha value is -1.60. The van der Waals surface area contributed by atoms with Gasteiger partial charge in [0.2, 0.25) is 5.58 Å². The molecule has 1 aromatic heterocycles. The van der Waals surface area contributed by atoms with Gasteiger partial charge in [0.15, 0.2) is 6.54 Å². The monoisotopic (exact) mass is 253 g/mol. The number of oxazole rings is 1. The summed E-state index contributed by atoms with van der Waals surface area (Å²) in [7, 11) is -6.00. The summed E-state index contributed by atoms with van der Waals surface area (Å²) in [5.41, 5.74) is 1.40. The molecule has 0 radical (unpaired) electrons. The third-order valence-electron chi connectivity index (χ3n) is 1.88. The molecule has 94 valence electrons. The van der Waals surface area contributed by atoms with E-state index in [1.54, 1.807) is 6.07 Å². The molecular formula is C9H9BF5NO. The van der Waals surface area contributed by atoms with E-state index in [2.05, 4.69) is 0 Å². The maximum Gasteiger partial charge on any atom is 0.673 e. The van der Waals surface area contributed by atoms with Crippen molar-refractivity contribution in [1.29, 1.82) is 0 Å². The van der Waals surface area contributed by atoms with Crippen LogP contribution in [0.5, 0.6) is 0 Å². The van der Waals surface area contributed by atoms with Crippen LogP contribution in [0, 0.1) is 6.14 Å². The summed E-state index contributed by atoms with van der Waals surface area (Å²) in [5.74, 6) is 0. The number of aryl methyl sites for hydroxylation is 1. The minimum Gasteiger partial charge on any atom is -0.418 e. The highest BCUT2D eigenvalue weighted by Crippen LogP contribution is 2.11. The van der Waals surface area contributed by atoms with Gasteiger partial charge in [0.1, 0.15) is 0 Å². The van der Waals surface area contributed by atoms with Crippen LogP contribution in [-0.4, -0.2) is 7.25 Å². The van der Waals surface area contributed by atoms with Crippen molar-refractivity contribution < 1.29 is 30.6 Å². The molecular weight excluding hydrogens is 244 g/mol. The van der Waals surface area contributed by atoms with Gasteiger partial charge in [-0.2, -0.15) is 0 Å². The van der Waals surface area contributed by atoms with E-state index in [1.807, 2.05) is 25.1 Å². The van der Waals surface area contributed by atoms with Crippen molar-refractivity contribution in [2.45, 2.75) is 13.5 Å². The molecule has 17 heavy (non-hydrogen) atoms. The molecule has 0 aliphatic heterocycles. The molecule has 0 spiro atoms. The Morgan fingerprint density at radius 3 is 2.24 bits per heavy atom. The second-order valence-corrected chi connectivity index (χ2v) is 3.06. The number of benzene rings is 1. The standard InChI is InChI=1S/C9H9FNO.BF4/c1-2-11-7-5-3-4-6-8(7)12-9(11)10;2-1(3,4)5/h3-6H,2H2,1H3;/q+1;-1. The minimum absolute atomic E-state index is 0.529. The lowest BCUT2D eigenvalue weighted by molar-refractivity contribution is -0.703. The zero-order chi connectivity index (χ0) is 13.1. The number of hydrogen-bond acceptors (Lipinski definition) is 1. The molecule has 0 atom stereocenters. The van der Waals surface area contributed by atoms with Gasteiger partial charge in [0.05, 0.1) is 0 Å². The average Bonchev–Trinajstić information content (AvgIpc) is 2.50. The van der Waals surface area contributed by atoms with Gasteiger partial charge in [-0.05, 0) is 13.0 Å². The highest BCUT2D eigenvalue weighted by atomic mass is 19.5. The molecule has 1 heterocycles. The molecule has 0 aliphatic carbocycles. The first-order valence-electron chi connectivity index (χ1n) is 4.77. The molecule has 2 rings (SSSR count). The van der Waals surface area contributed by atoms with Gasteiger partial charge in [-0.3, -0.25) is 0 Å². The first-order chi connectivity index (χ1) is 7.83. The van der Waals surface area contributed by atoms with E-state index >= 15 is 0 Å². The van der Waals surface area contributed by atoms with Crippen LogP contribution in [-0.2, 0) is 6.54 Å². The van der Waals surface area contributed by atoms with Crippen molar-refractivity contribution in [3.05, 3.63) is 30.4 Å². The van der Waals surface area contributed by atoms with Gasteiger partial charge < -0.3 is 21.7 Å². The van der Waals surface area contributed by atoms with Crippen molar-refractivity contribution >= 4 is 18.4 Å². The van der Waals surface area contributed by atoms with E-state index in [-0.39, 0.29) is 0 Å². The maximum absolute atomic E-state index is 13.0. The van der Waals surface area contributed by atoms with Crippen LogP contribution in [0.4, 0.5) is 21.7 Å². The summed E-state index contributed by atoms with van der Waals surface area (Å²) in [5, 5.41) is 0. The number of halogens is 5. The molecule has 8 heteroatoms. The Bertz CT molecular complexity index is 490. The van der Waals surface area contributed by atoms with E-state index in [0.717, 1.165) is 5.52 Å². The van der Waals surface area contributed by atoms with Gasteiger partial charge in [-0.1, -0.05) is 12.1 Å². The molecule has 1 aromatic carbocycles. The fourth-order valence-electron chi connectivity index (χ4n) is 1.30. The van der Waals surface area contributed by atoms with Crippen molar-refractivity contribution in [3.8, 4) is 0 Å². The van der Waals surface area contributed by atoms with Crippen LogP contribution in [0.25, 0.3) is 11.1 Å². The molecule has 0 unspecified atom stereocenters. The van der Waals surface area contributed by atoms with Gasteiger partial charge >= 0.3 is 13.4 Å². The normalized spacial score (nSPS) is 11.2. The summed E-state index contributed by atoms with van der Waals surface area (Å²) < 4.78 is 58.4. The Labute approximate surface area is 93.8 Å². The topological polar surface area (TPSA) is 17.0 Å². The number of para-hydroxylation sites is 2. The lowest BCUT2D eigenvalue weighted by Gasteiger charge is -1.94. The Kier molecular flexibility index (Phi) is 4.09. The summed E-state index contributed by atoms with van der Waals surface area (Å²) in [6.45, 7) is 2.47. The average molecular weight is 253 g/mol. The van der Waals surface area contributed by atoms with Gasteiger partial charge in [0.25, 0.3) is 5.52 Å². The van der Waals surface area contributed by atoms with Crippen LogP contribution < -0.4 is 4.57 Å². The number of hydrogen-bond donors (Lipinski definition) is 0. The van der Waals surface area contributed by atoms with Crippen LogP contribution >= 0.6 is 0 Å². The molecule has 0 aliphatic rings. The van der Waals surface area contributed by atoms with Crippen molar-refractivity contribution in [2.75, 3.05) is 0 Å². The van der Waals surface area contributed by atoms with E-state index < -0.39 is 13.4 Å². The van der Waals surface area contributed by atoms with E-state index in [9.17, 15) is 21.7 Å². The fourth-order valence-corrected chi connectivity index (χ4v) is 1.30. The highest BCUT2D eigenvalue weighted by molar-refractivity contribution is 6.50. The predicted molar refractivity (Wildman–Crippen MR) is 52.2 cm³/mol. The number of rotatable bonds is 1. The van der Waals surface area contributed by atoms with Crippen molar-refractivity contribution in [2.24, 2.45) is 0 Å². The zero-order valence-corrected chi connectivity index (χ0v) is 8.84. The smallest absolute Gasteiger partial charge is 0.418 e. The van der Waals surface area contributed by atoms with Crippen molar-refractivity contribution in [3.63, 3.8) is 0 Å². The quantitative estimate of drug-likeness (QED) is 0.433. The van der Waals surface area contributed by atoms with Crippen LogP contribution in [0.2, 0.25) is 0 Å². The summed E-state index contributed by atoms with van der Waals surface area (Å²) >= 11 is 0. The van der Waals surface area contributed by atoms with E-state index in [4.69, 9.17) is 4.42 Å². The third kappa shape index (κ3) is 4.05.